The minimum Gasteiger partial charge on any atom is -0.316 e. The smallest absolute Gasteiger partial charge is 0.0210 e. The van der Waals surface area contributed by atoms with Gasteiger partial charge in [-0.3, -0.25) is 0 Å². The van der Waals surface area contributed by atoms with Crippen molar-refractivity contribution in [3.63, 3.8) is 0 Å². The van der Waals surface area contributed by atoms with Gasteiger partial charge in [0.15, 0.2) is 0 Å². The Hall–Kier alpha value is -0.340. The third kappa shape index (κ3) is 1.38. The van der Waals surface area contributed by atoms with E-state index in [1.807, 2.05) is 0 Å². The summed E-state index contributed by atoms with van der Waals surface area (Å²) in [6, 6.07) is 6.66. The van der Waals surface area contributed by atoms with Gasteiger partial charge in [0.25, 0.3) is 0 Å². The van der Waals surface area contributed by atoms with Crippen molar-refractivity contribution in [2.45, 2.75) is 25.7 Å². The highest BCUT2D eigenvalue weighted by molar-refractivity contribution is 9.10. The summed E-state index contributed by atoms with van der Waals surface area (Å²) in [6.45, 7) is 4.77. The molecule has 1 aromatic rings. The fraction of sp³-hybridized carbons (Fsp3) is 0.538. The molecule has 1 aliphatic heterocycles. The van der Waals surface area contributed by atoms with E-state index in [-0.39, 0.29) is 0 Å². The van der Waals surface area contributed by atoms with E-state index in [1.54, 1.807) is 11.1 Å². The topological polar surface area (TPSA) is 12.0 Å². The summed E-state index contributed by atoms with van der Waals surface area (Å²) in [4.78, 5) is 0. The second-order valence-electron chi connectivity index (χ2n) is 5.15. The van der Waals surface area contributed by atoms with Gasteiger partial charge in [-0.15, -0.1) is 0 Å². The predicted molar refractivity (Wildman–Crippen MR) is 66.2 cm³/mol. The molecule has 1 aliphatic carbocycles. The van der Waals surface area contributed by atoms with Crippen LogP contribution in [-0.2, 0) is 6.42 Å². The van der Waals surface area contributed by atoms with Crippen LogP contribution in [0.1, 0.15) is 30.4 Å². The number of hydrogen-bond acceptors (Lipinski definition) is 1. The minimum absolute atomic E-state index is 0.494. The molecule has 1 aromatic carbocycles. The lowest BCUT2D eigenvalue weighted by Crippen LogP contribution is -2.30. The second kappa shape index (κ2) is 3.33. The molecule has 15 heavy (non-hydrogen) atoms. The van der Waals surface area contributed by atoms with Gasteiger partial charge in [0.1, 0.15) is 0 Å². The fourth-order valence-corrected chi connectivity index (χ4v) is 3.78. The van der Waals surface area contributed by atoms with Crippen molar-refractivity contribution < 1.29 is 0 Å². The van der Waals surface area contributed by atoms with Crippen LogP contribution in [0.2, 0.25) is 0 Å². The number of nitrogens with one attached hydrogen (secondary N) is 1. The van der Waals surface area contributed by atoms with E-state index in [4.69, 9.17) is 0 Å². The lowest BCUT2D eigenvalue weighted by molar-refractivity contribution is 0.277. The molecule has 0 radical (unpaired) electrons. The van der Waals surface area contributed by atoms with Gasteiger partial charge >= 0.3 is 0 Å². The highest BCUT2D eigenvalue weighted by Gasteiger charge is 2.43. The summed E-state index contributed by atoms with van der Waals surface area (Å²) in [7, 11) is 0. The Kier molecular flexibility index (Phi) is 2.18. The second-order valence-corrected chi connectivity index (χ2v) is 6.00. The number of benzene rings is 1. The van der Waals surface area contributed by atoms with E-state index < -0.39 is 0 Å². The molecule has 80 valence electrons. The van der Waals surface area contributed by atoms with E-state index in [1.165, 1.54) is 23.9 Å². The largest absolute Gasteiger partial charge is 0.316 e. The molecule has 2 aliphatic rings. The van der Waals surface area contributed by atoms with Crippen LogP contribution in [0.3, 0.4) is 0 Å². The van der Waals surface area contributed by atoms with Gasteiger partial charge in [0.2, 0.25) is 0 Å². The first-order valence-electron chi connectivity index (χ1n) is 5.69. The maximum absolute atomic E-state index is 3.68. The zero-order valence-electron chi connectivity index (χ0n) is 9.02. The van der Waals surface area contributed by atoms with Crippen molar-refractivity contribution in [3.05, 3.63) is 33.8 Å². The molecule has 3 rings (SSSR count). The first kappa shape index (κ1) is 9.86. The molecule has 0 bridgehead atoms. The Morgan fingerprint density at radius 2 is 2.33 bits per heavy atom. The Balaban J connectivity index is 2.13. The molecule has 1 N–H and O–H groups in total. The van der Waals surface area contributed by atoms with Crippen molar-refractivity contribution in [1.29, 1.82) is 0 Å². The van der Waals surface area contributed by atoms with Gasteiger partial charge in [-0.1, -0.05) is 35.0 Å². The van der Waals surface area contributed by atoms with Crippen molar-refractivity contribution in [3.8, 4) is 0 Å². The molecule has 1 heterocycles. The first-order chi connectivity index (χ1) is 7.21. The van der Waals surface area contributed by atoms with E-state index in [0.717, 1.165) is 12.5 Å². The predicted octanol–water partition coefficient (Wildman–Crippen LogP) is 3.09. The third-order valence-electron chi connectivity index (χ3n) is 4.20. The van der Waals surface area contributed by atoms with Crippen LogP contribution in [0.5, 0.6) is 0 Å². The normalized spacial score (nSPS) is 33.6. The zero-order valence-corrected chi connectivity index (χ0v) is 10.6. The minimum atomic E-state index is 0.494. The van der Waals surface area contributed by atoms with Gasteiger partial charge in [0, 0.05) is 23.5 Å². The quantitative estimate of drug-likeness (QED) is 0.761. The number of halogens is 1. The summed E-state index contributed by atoms with van der Waals surface area (Å²) in [5, 5.41) is 3.55. The molecule has 2 heteroatoms. The molecular formula is C13H16BrN. The molecule has 0 spiro atoms. The number of hydrogen-bond donors (Lipinski definition) is 1. The molecule has 0 amide bonds. The van der Waals surface area contributed by atoms with Crippen LogP contribution in [-0.4, -0.2) is 13.1 Å². The summed E-state index contributed by atoms with van der Waals surface area (Å²) >= 11 is 3.68. The zero-order chi connectivity index (χ0) is 10.5. The molecule has 1 saturated heterocycles. The molecule has 2 atom stereocenters. The van der Waals surface area contributed by atoms with Crippen LogP contribution in [0, 0.1) is 5.41 Å². The van der Waals surface area contributed by atoms with Gasteiger partial charge in [0.05, 0.1) is 0 Å². The van der Waals surface area contributed by atoms with Crippen LogP contribution < -0.4 is 5.32 Å². The van der Waals surface area contributed by atoms with E-state index in [9.17, 15) is 0 Å². The maximum Gasteiger partial charge on any atom is 0.0210 e. The lowest BCUT2D eigenvalue weighted by Gasteiger charge is -2.37. The monoisotopic (exact) mass is 265 g/mol. The fourth-order valence-electron chi connectivity index (χ4n) is 3.20. The lowest BCUT2D eigenvalue weighted by atomic mass is 9.67. The van der Waals surface area contributed by atoms with Gasteiger partial charge in [-0.05, 0) is 35.4 Å². The summed E-state index contributed by atoms with van der Waals surface area (Å²) in [5.74, 6) is 0.721. The van der Waals surface area contributed by atoms with Crippen LogP contribution in [0.15, 0.2) is 22.7 Å². The molecule has 0 unspecified atom stereocenters. The summed E-state index contributed by atoms with van der Waals surface area (Å²) < 4.78 is 1.30. The van der Waals surface area contributed by atoms with Crippen molar-refractivity contribution in [1.82, 2.24) is 5.32 Å². The van der Waals surface area contributed by atoms with Crippen LogP contribution in [0.25, 0.3) is 0 Å². The van der Waals surface area contributed by atoms with Crippen molar-refractivity contribution >= 4 is 15.9 Å². The Bertz CT molecular complexity index is 402. The number of rotatable bonds is 0. The molecule has 0 aromatic heterocycles. The Labute approximate surface area is 99.4 Å². The molecular weight excluding hydrogens is 250 g/mol. The van der Waals surface area contributed by atoms with Gasteiger partial charge in [-0.2, -0.15) is 0 Å². The summed E-state index contributed by atoms with van der Waals surface area (Å²) in [6.07, 6.45) is 2.55. The van der Waals surface area contributed by atoms with Crippen LogP contribution >= 0.6 is 15.9 Å². The highest BCUT2D eigenvalue weighted by atomic mass is 79.9. The average Bonchev–Trinajstić information content (AvgIpc) is 2.60. The maximum atomic E-state index is 3.68. The first-order valence-corrected chi connectivity index (χ1v) is 6.48. The highest BCUT2D eigenvalue weighted by Crippen LogP contribution is 2.48. The van der Waals surface area contributed by atoms with E-state index in [2.05, 4.69) is 46.4 Å². The Morgan fingerprint density at radius 3 is 3.20 bits per heavy atom. The Morgan fingerprint density at radius 1 is 1.47 bits per heavy atom. The van der Waals surface area contributed by atoms with E-state index >= 15 is 0 Å². The van der Waals surface area contributed by atoms with Crippen molar-refractivity contribution in [2.75, 3.05) is 13.1 Å². The molecule has 1 nitrogen and oxygen atoms in total. The molecule has 1 fully saturated rings. The van der Waals surface area contributed by atoms with Gasteiger partial charge in [-0.25, -0.2) is 0 Å². The third-order valence-corrected chi connectivity index (χ3v) is 4.94. The number of fused-ring (bicyclic) bond motifs is 3. The summed E-state index contributed by atoms with van der Waals surface area (Å²) in [5.41, 5.74) is 3.61. The van der Waals surface area contributed by atoms with E-state index in [0.29, 0.717) is 5.41 Å². The SMILES string of the molecule is C[C@@]12CCc3c(Br)cccc3[C@@H]1CNC2. The molecule has 0 saturated carbocycles. The van der Waals surface area contributed by atoms with Crippen molar-refractivity contribution in [2.24, 2.45) is 5.41 Å². The average molecular weight is 266 g/mol. The van der Waals surface area contributed by atoms with Crippen LogP contribution in [0.4, 0.5) is 0 Å². The standard InChI is InChI=1S/C13H16BrN/c1-13-6-5-10-9(3-2-4-12(10)14)11(13)7-15-8-13/h2-4,11,15H,5-8H2,1H3/t11-,13-/m0/s1. The van der Waals surface area contributed by atoms with Gasteiger partial charge < -0.3 is 5.32 Å².